The number of hydrogen-bond donors (Lipinski definition) is 1. The maximum atomic E-state index is 6.16. The Bertz CT molecular complexity index is 534. The van der Waals surface area contributed by atoms with E-state index in [9.17, 15) is 0 Å². The van der Waals surface area contributed by atoms with Gasteiger partial charge in [-0.25, -0.2) is 0 Å². The first-order valence-corrected chi connectivity index (χ1v) is 9.64. The number of thiophene rings is 1. The first-order chi connectivity index (χ1) is 8.66. The molecule has 1 heterocycles. The Morgan fingerprint density at radius 3 is 2.72 bits per heavy atom. The van der Waals surface area contributed by atoms with Crippen LogP contribution in [0.5, 0.6) is 5.75 Å². The molecule has 1 aromatic carbocycles. The Balaban J connectivity index is 2.32. The van der Waals surface area contributed by atoms with Crippen molar-refractivity contribution in [2.45, 2.75) is 13.1 Å². The van der Waals surface area contributed by atoms with Crippen molar-refractivity contribution >= 4 is 32.2 Å². The number of para-hydroxylation sites is 1. The first kappa shape index (κ1) is 12.9. The van der Waals surface area contributed by atoms with Crippen molar-refractivity contribution < 1.29 is 4.43 Å². The summed E-state index contributed by atoms with van der Waals surface area (Å²) >= 11 is 1.67. The van der Waals surface area contributed by atoms with Crippen LogP contribution in [0.15, 0.2) is 41.1 Å². The highest BCUT2D eigenvalue weighted by atomic mass is 32.1. The summed E-state index contributed by atoms with van der Waals surface area (Å²) in [5, 5.41) is 4.12. The molecule has 0 atom stereocenters. The van der Waals surface area contributed by atoms with Crippen LogP contribution in [-0.2, 0) is 0 Å². The van der Waals surface area contributed by atoms with E-state index in [-0.39, 0.29) is 0 Å². The molecule has 0 bridgehead atoms. The van der Waals surface area contributed by atoms with Crippen LogP contribution in [0.25, 0.3) is 11.8 Å². The van der Waals surface area contributed by atoms with Crippen molar-refractivity contribution in [3.8, 4) is 5.75 Å². The molecule has 0 amide bonds. The van der Waals surface area contributed by atoms with Crippen molar-refractivity contribution in [3.63, 3.8) is 0 Å². The Morgan fingerprint density at radius 2 is 2.06 bits per heavy atom. The van der Waals surface area contributed by atoms with Crippen LogP contribution in [0.4, 0.5) is 0 Å². The fourth-order valence-electron chi connectivity index (χ4n) is 1.68. The van der Waals surface area contributed by atoms with Crippen LogP contribution in [0.1, 0.15) is 11.1 Å². The van der Waals surface area contributed by atoms with Crippen molar-refractivity contribution in [1.82, 2.24) is 0 Å². The maximum absolute atomic E-state index is 6.16. The number of benzene rings is 1. The molecule has 2 rings (SSSR count). The van der Waals surface area contributed by atoms with Crippen LogP contribution in [-0.4, -0.2) is 9.04 Å². The van der Waals surface area contributed by atoms with Crippen molar-refractivity contribution in [1.29, 1.82) is 0 Å². The highest BCUT2D eigenvalue weighted by molar-refractivity contribution is 7.08. The van der Waals surface area contributed by atoms with Gasteiger partial charge < -0.3 is 10.2 Å². The minimum absolute atomic E-state index is 0.749. The van der Waals surface area contributed by atoms with Gasteiger partial charge in [-0.2, -0.15) is 11.3 Å². The van der Waals surface area contributed by atoms with Gasteiger partial charge >= 0.3 is 0 Å². The molecule has 0 saturated heterocycles. The summed E-state index contributed by atoms with van der Waals surface area (Å²) in [7, 11) is -1.12. The summed E-state index contributed by atoms with van der Waals surface area (Å²) in [4.78, 5) is 0. The highest BCUT2D eigenvalue weighted by Crippen LogP contribution is 2.25. The highest BCUT2D eigenvalue weighted by Gasteiger charge is 2.07. The normalized spacial score (nSPS) is 11.8. The van der Waals surface area contributed by atoms with Crippen LogP contribution in [0, 0.1) is 0 Å². The average molecular weight is 275 g/mol. The third-order valence-electron chi connectivity index (χ3n) is 2.43. The number of hydrogen-bond acceptors (Lipinski definition) is 3. The summed E-state index contributed by atoms with van der Waals surface area (Å²) in [6.45, 7) is 4.30. The molecule has 0 fully saturated rings. The zero-order valence-corrected chi connectivity index (χ0v) is 12.6. The van der Waals surface area contributed by atoms with E-state index in [1.807, 2.05) is 35.7 Å². The second-order valence-electron chi connectivity index (χ2n) is 4.32. The van der Waals surface area contributed by atoms with Gasteiger partial charge in [-0.1, -0.05) is 12.1 Å². The van der Waals surface area contributed by atoms with Gasteiger partial charge in [0.25, 0.3) is 0 Å². The lowest BCUT2D eigenvalue weighted by molar-refractivity contribution is 0.578. The van der Waals surface area contributed by atoms with E-state index in [4.69, 9.17) is 10.2 Å². The molecular weight excluding hydrogens is 258 g/mol. The molecule has 1 aromatic heterocycles. The fourth-order valence-corrected chi connectivity index (χ4v) is 3.01. The Labute approximate surface area is 113 Å². The van der Waals surface area contributed by atoms with E-state index in [0.717, 1.165) is 22.6 Å². The van der Waals surface area contributed by atoms with Crippen LogP contribution < -0.4 is 10.2 Å². The second kappa shape index (κ2) is 5.89. The van der Waals surface area contributed by atoms with Crippen molar-refractivity contribution in [3.05, 3.63) is 52.2 Å². The largest absolute Gasteiger partial charge is 0.547 e. The van der Waals surface area contributed by atoms with Crippen LogP contribution in [0.3, 0.4) is 0 Å². The molecule has 0 aliphatic heterocycles. The molecule has 0 saturated carbocycles. The SMILES string of the molecule is C[SiH](C)Oc1ccccc1/C(N)=C/c1ccsc1. The van der Waals surface area contributed by atoms with Gasteiger partial charge in [0.15, 0.2) is 0 Å². The maximum Gasteiger partial charge on any atom is 0.229 e. The zero-order valence-electron chi connectivity index (χ0n) is 10.6. The molecule has 2 aromatic rings. The lowest BCUT2D eigenvalue weighted by atomic mass is 10.1. The zero-order chi connectivity index (χ0) is 13.0. The molecule has 18 heavy (non-hydrogen) atoms. The van der Waals surface area contributed by atoms with Gasteiger partial charge in [-0.15, -0.1) is 0 Å². The molecule has 0 unspecified atom stereocenters. The average Bonchev–Trinajstić information content (AvgIpc) is 2.81. The van der Waals surface area contributed by atoms with Gasteiger partial charge in [0.2, 0.25) is 9.04 Å². The van der Waals surface area contributed by atoms with E-state index in [2.05, 4.69) is 24.5 Å². The summed E-state index contributed by atoms with van der Waals surface area (Å²) in [6, 6.07) is 10.0. The molecular formula is C14H17NOSSi. The predicted octanol–water partition coefficient (Wildman–Crippen LogP) is 3.57. The standard InChI is InChI=1S/C14H17NOSSi/c1-18(2)16-14-6-4-3-5-12(14)13(15)9-11-7-8-17-10-11/h3-10,18H,15H2,1-2H3/b13-9-. The third kappa shape index (κ3) is 3.24. The monoisotopic (exact) mass is 275 g/mol. The van der Waals surface area contributed by atoms with E-state index in [1.165, 1.54) is 0 Å². The minimum Gasteiger partial charge on any atom is -0.547 e. The first-order valence-electron chi connectivity index (χ1n) is 5.92. The predicted molar refractivity (Wildman–Crippen MR) is 82.3 cm³/mol. The van der Waals surface area contributed by atoms with Gasteiger partial charge in [-0.05, 0) is 53.7 Å². The number of rotatable bonds is 4. The van der Waals surface area contributed by atoms with Crippen LogP contribution in [0.2, 0.25) is 13.1 Å². The van der Waals surface area contributed by atoms with Crippen LogP contribution >= 0.6 is 11.3 Å². The molecule has 0 aliphatic rings. The molecule has 4 heteroatoms. The summed E-state index contributed by atoms with van der Waals surface area (Å²) in [5.41, 5.74) is 9.02. The summed E-state index contributed by atoms with van der Waals surface area (Å²) < 4.78 is 5.91. The summed E-state index contributed by atoms with van der Waals surface area (Å²) in [5.74, 6) is 0.892. The molecule has 0 radical (unpaired) electrons. The van der Waals surface area contributed by atoms with Gasteiger partial charge in [0.05, 0.1) is 0 Å². The van der Waals surface area contributed by atoms with E-state index in [0.29, 0.717) is 0 Å². The topological polar surface area (TPSA) is 35.2 Å². The van der Waals surface area contributed by atoms with Gasteiger partial charge in [0.1, 0.15) is 5.75 Å². The van der Waals surface area contributed by atoms with Crippen molar-refractivity contribution in [2.75, 3.05) is 0 Å². The fraction of sp³-hybridized carbons (Fsp3) is 0.143. The lowest BCUT2D eigenvalue weighted by Gasteiger charge is -2.14. The Kier molecular flexibility index (Phi) is 4.22. The Morgan fingerprint density at radius 1 is 1.28 bits per heavy atom. The Hall–Kier alpha value is -1.52. The van der Waals surface area contributed by atoms with Gasteiger partial charge in [-0.3, -0.25) is 0 Å². The van der Waals surface area contributed by atoms with E-state index in [1.54, 1.807) is 11.3 Å². The molecule has 2 nitrogen and oxygen atoms in total. The quantitative estimate of drug-likeness (QED) is 0.866. The van der Waals surface area contributed by atoms with E-state index < -0.39 is 9.04 Å². The molecule has 94 valence electrons. The molecule has 0 aliphatic carbocycles. The number of nitrogens with two attached hydrogens (primary N) is 1. The van der Waals surface area contributed by atoms with Crippen molar-refractivity contribution in [2.24, 2.45) is 5.73 Å². The second-order valence-corrected chi connectivity index (χ2v) is 7.43. The molecule has 2 N–H and O–H groups in total. The third-order valence-corrected chi connectivity index (χ3v) is 3.85. The minimum atomic E-state index is -1.12. The van der Waals surface area contributed by atoms with E-state index >= 15 is 0 Å². The van der Waals surface area contributed by atoms with Gasteiger partial charge in [0, 0.05) is 11.3 Å². The smallest absolute Gasteiger partial charge is 0.229 e. The lowest BCUT2D eigenvalue weighted by Crippen LogP contribution is -2.13. The molecule has 0 spiro atoms. The summed E-state index contributed by atoms with van der Waals surface area (Å²) in [6.07, 6.45) is 1.99.